The van der Waals surface area contributed by atoms with Gasteiger partial charge in [-0.05, 0) is 38.0 Å². The fourth-order valence-electron chi connectivity index (χ4n) is 2.39. The lowest BCUT2D eigenvalue weighted by Gasteiger charge is -2.23. The lowest BCUT2D eigenvalue weighted by molar-refractivity contribution is -0.137. The molecule has 4 atom stereocenters. The Morgan fingerprint density at radius 1 is 1.47 bits per heavy atom. The minimum Gasteiger partial charge on any atom is -0.481 e. The van der Waals surface area contributed by atoms with Crippen molar-refractivity contribution in [2.75, 3.05) is 0 Å². The van der Waals surface area contributed by atoms with Crippen LogP contribution in [0, 0.1) is 11.8 Å². The minimum atomic E-state index is -0.698. The molecule has 4 unspecified atom stereocenters. The van der Waals surface area contributed by atoms with Gasteiger partial charge in [0.05, 0.1) is 0 Å². The molecule has 0 aromatic rings. The fourth-order valence-corrected chi connectivity index (χ4v) is 2.39. The molecule has 1 aliphatic carbocycles. The van der Waals surface area contributed by atoms with Crippen molar-refractivity contribution >= 4 is 5.97 Å². The average molecular weight is 213 g/mol. The summed E-state index contributed by atoms with van der Waals surface area (Å²) >= 11 is 0. The van der Waals surface area contributed by atoms with Gasteiger partial charge in [0.2, 0.25) is 0 Å². The van der Waals surface area contributed by atoms with Crippen molar-refractivity contribution in [3.05, 3.63) is 0 Å². The zero-order valence-corrected chi connectivity index (χ0v) is 9.99. The summed E-state index contributed by atoms with van der Waals surface area (Å²) in [5.74, 6) is 0.822. The first-order valence-corrected chi connectivity index (χ1v) is 5.98. The predicted octanol–water partition coefficient (Wildman–Crippen LogP) is 2.26. The summed E-state index contributed by atoms with van der Waals surface area (Å²) in [5, 5.41) is 12.1. The standard InChI is InChI=1S/C12H23NO2/c1-8-4-6-11(10(8)3)13-9(2)5-7-12(14)15/h8-11,13H,4-7H2,1-3H3,(H,14,15). The van der Waals surface area contributed by atoms with Crippen LogP contribution in [0.3, 0.4) is 0 Å². The van der Waals surface area contributed by atoms with E-state index in [1.807, 2.05) is 0 Å². The molecule has 88 valence electrons. The Labute approximate surface area is 92.3 Å². The second kappa shape index (κ2) is 5.50. The SMILES string of the molecule is CC(CCC(=O)O)NC1CCC(C)C1C. The van der Waals surface area contributed by atoms with E-state index in [0.717, 1.165) is 18.3 Å². The van der Waals surface area contributed by atoms with Crippen molar-refractivity contribution in [1.29, 1.82) is 0 Å². The third-order valence-electron chi connectivity index (χ3n) is 3.76. The Balaban J connectivity index is 2.26. The molecule has 3 heteroatoms. The lowest BCUT2D eigenvalue weighted by Crippen LogP contribution is -2.39. The number of carbonyl (C=O) groups is 1. The molecule has 0 saturated heterocycles. The highest BCUT2D eigenvalue weighted by atomic mass is 16.4. The van der Waals surface area contributed by atoms with Gasteiger partial charge in [0.25, 0.3) is 0 Å². The van der Waals surface area contributed by atoms with Gasteiger partial charge in [-0.2, -0.15) is 0 Å². The molecule has 1 aliphatic rings. The molecule has 0 aromatic carbocycles. The first kappa shape index (κ1) is 12.5. The summed E-state index contributed by atoms with van der Waals surface area (Å²) in [6.45, 7) is 6.67. The van der Waals surface area contributed by atoms with E-state index in [1.165, 1.54) is 12.8 Å². The van der Waals surface area contributed by atoms with Crippen LogP contribution in [0.25, 0.3) is 0 Å². The molecular weight excluding hydrogens is 190 g/mol. The summed E-state index contributed by atoms with van der Waals surface area (Å²) in [5.41, 5.74) is 0. The van der Waals surface area contributed by atoms with Gasteiger partial charge >= 0.3 is 5.97 Å². The van der Waals surface area contributed by atoms with Crippen LogP contribution in [0.2, 0.25) is 0 Å². The highest BCUT2D eigenvalue weighted by molar-refractivity contribution is 5.66. The number of aliphatic carboxylic acids is 1. The summed E-state index contributed by atoms with van der Waals surface area (Å²) in [6, 6.07) is 0.905. The smallest absolute Gasteiger partial charge is 0.303 e. The first-order valence-electron chi connectivity index (χ1n) is 5.98. The van der Waals surface area contributed by atoms with Crippen LogP contribution in [0.15, 0.2) is 0 Å². The van der Waals surface area contributed by atoms with Gasteiger partial charge in [-0.15, -0.1) is 0 Å². The molecule has 0 aliphatic heterocycles. The van der Waals surface area contributed by atoms with E-state index in [0.29, 0.717) is 12.1 Å². The first-order chi connectivity index (χ1) is 7.00. The number of carboxylic acids is 1. The van der Waals surface area contributed by atoms with Crippen LogP contribution in [0.4, 0.5) is 0 Å². The molecule has 1 fully saturated rings. The number of hydrogen-bond acceptors (Lipinski definition) is 2. The Hall–Kier alpha value is -0.570. The molecule has 0 radical (unpaired) electrons. The molecule has 1 rings (SSSR count). The maximum atomic E-state index is 10.4. The normalized spacial score (nSPS) is 32.9. The summed E-state index contributed by atoms with van der Waals surface area (Å²) < 4.78 is 0. The third kappa shape index (κ3) is 3.82. The van der Waals surface area contributed by atoms with E-state index in [1.54, 1.807) is 0 Å². The van der Waals surface area contributed by atoms with Crippen molar-refractivity contribution in [3.63, 3.8) is 0 Å². The second-order valence-corrected chi connectivity index (χ2v) is 5.02. The van der Waals surface area contributed by atoms with Gasteiger partial charge in [0, 0.05) is 18.5 Å². The minimum absolute atomic E-state index is 0.269. The van der Waals surface area contributed by atoms with Gasteiger partial charge < -0.3 is 10.4 Å². The van der Waals surface area contributed by atoms with Crippen LogP contribution < -0.4 is 5.32 Å². The molecule has 0 bridgehead atoms. The van der Waals surface area contributed by atoms with Gasteiger partial charge in [0.15, 0.2) is 0 Å². The van der Waals surface area contributed by atoms with E-state index in [2.05, 4.69) is 26.1 Å². The van der Waals surface area contributed by atoms with Gasteiger partial charge in [-0.25, -0.2) is 0 Å². The van der Waals surface area contributed by atoms with E-state index in [4.69, 9.17) is 5.11 Å². The van der Waals surface area contributed by atoms with Crippen molar-refractivity contribution < 1.29 is 9.90 Å². The van der Waals surface area contributed by atoms with Gasteiger partial charge in [-0.1, -0.05) is 13.8 Å². The number of rotatable bonds is 5. The third-order valence-corrected chi connectivity index (χ3v) is 3.76. The fraction of sp³-hybridized carbons (Fsp3) is 0.917. The Morgan fingerprint density at radius 2 is 2.13 bits per heavy atom. The highest BCUT2D eigenvalue weighted by Gasteiger charge is 2.30. The second-order valence-electron chi connectivity index (χ2n) is 5.02. The summed E-state index contributed by atoms with van der Waals surface area (Å²) in [7, 11) is 0. The average Bonchev–Trinajstić information content (AvgIpc) is 2.47. The molecule has 1 saturated carbocycles. The quantitative estimate of drug-likeness (QED) is 0.736. The largest absolute Gasteiger partial charge is 0.481 e. The lowest BCUT2D eigenvalue weighted by atomic mass is 9.97. The van der Waals surface area contributed by atoms with E-state index >= 15 is 0 Å². The predicted molar refractivity (Wildman–Crippen MR) is 60.8 cm³/mol. The highest BCUT2D eigenvalue weighted by Crippen LogP contribution is 2.31. The monoisotopic (exact) mass is 213 g/mol. The molecule has 2 N–H and O–H groups in total. The van der Waals surface area contributed by atoms with E-state index in [9.17, 15) is 4.79 Å². The molecule has 3 nitrogen and oxygen atoms in total. The molecule has 0 amide bonds. The van der Waals surface area contributed by atoms with Crippen molar-refractivity contribution in [2.24, 2.45) is 11.8 Å². The number of carboxylic acid groups (broad SMARTS) is 1. The van der Waals surface area contributed by atoms with Gasteiger partial charge in [0.1, 0.15) is 0 Å². The molecule has 0 spiro atoms. The molecule has 0 heterocycles. The number of hydrogen-bond donors (Lipinski definition) is 2. The van der Waals surface area contributed by atoms with E-state index < -0.39 is 5.97 Å². The Morgan fingerprint density at radius 3 is 2.60 bits per heavy atom. The van der Waals surface area contributed by atoms with Crippen molar-refractivity contribution in [2.45, 2.75) is 58.5 Å². The maximum absolute atomic E-state index is 10.4. The van der Waals surface area contributed by atoms with Gasteiger partial charge in [-0.3, -0.25) is 4.79 Å². The van der Waals surface area contributed by atoms with Crippen molar-refractivity contribution in [1.82, 2.24) is 5.32 Å². The zero-order chi connectivity index (χ0) is 11.4. The summed E-state index contributed by atoms with van der Waals surface area (Å²) in [4.78, 5) is 10.4. The molecule has 15 heavy (non-hydrogen) atoms. The summed E-state index contributed by atoms with van der Waals surface area (Å²) in [6.07, 6.45) is 3.53. The van der Waals surface area contributed by atoms with Crippen LogP contribution in [-0.4, -0.2) is 23.2 Å². The van der Waals surface area contributed by atoms with Crippen molar-refractivity contribution in [3.8, 4) is 0 Å². The number of nitrogens with one attached hydrogen (secondary N) is 1. The van der Waals surface area contributed by atoms with Crippen LogP contribution in [0.1, 0.15) is 46.5 Å². The maximum Gasteiger partial charge on any atom is 0.303 e. The topological polar surface area (TPSA) is 49.3 Å². The van der Waals surface area contributed by atoms with Crippen LogP contribution >= 0.6 is 0 Å². The van der Waals surface area contributed by atoms with E-state index in [-0.39, 0.29) is 6.42 Å². The van der Waals surface area contributed by atoms with Crippen LogP contribution in [-0.2, 0) is 4.79 Å². The molecular formula is C12H23NO2. The molecule has 0 aromatic heterocycles. The Bertz CT molecular complexity index is 218. The Kier molecular flexibility index (Phi) is 4.58. The zero-order valence-electron chi connectivity index (χ0n) is 9.99. The van der Waals surface area contributed by atoms with Crippen LogP contribution in [0.5, 0.6) is 0 Å².